The lowest BCUT2D eigenvalue weighted by Crippen LogP contribution is -2.18. The second kappa shape index (κ2) is 17.4. The highest BCUT2D eigenvalue weighted by atomic mass is 16.3. The van der Waals surface area contributed by atoms with Crippen LogP contribution in [0.15, 0.2) is 209 Å². The average Bonchev–Trinajstić information content (AvgIpc) is 1.69. The van der Waals surface area contributed by atoms with Crippen LogP contribution < -0.4 is 4.90 Å². The molecule has 2 aromatic heterocycles. The Bertz CT molecular complexity index is 4930. The van der Waals surface area contributed by atoms with E-state index in [1.54, 1.807) is 0 Å². The van der Waals surface area contributed by atoms with Gasteiger partial charge in [0.2, 0.25) is 0 Å². The van der Waals surface area contributed by atoms with Crippen LogP contribution >= 0.6 is 0 Å². The number of furan rings is 2. The van der Waals surface area contributed by atoms with Crippen LogP contribution in [0.4, 0.5) is 17.1 Å². The molecular formula is C80H65NO2. The molecular weight excluding hydrogens is 1010 g/mol. The van der Waals surface area contributed by atoms with E-state index in [2.05, 4.69) is 274 Å². The molecule has 2 heterocycles. The van der Waals surface area contributed by atoms with E-state index in [1.807, 2.05) is 0 Å². The molecule has 0 unspecified atom stereocenters. The summed E-state index contributed by atoms with van der Waals surface area (Å²) in [6.45, 7) is 23.5. The number of hydrogen-bond donors (Lipinski definition) is 0. The molecule has 3 heteroatoms. The van der Waals surface area contributed by atoms with Crippen molar-refractivity contribution in [3.63, 3.8) is 0 Å². The van der Waals surface area contributed by atoms with E-state index in [-0.39, 0.29) is 16.2 Å². The number of anilines is 3. The number of hydrogen-bond acceptors (Lipinski definition) is 3. The van der Waals surface area contributed by atoms with Crippen LogP contribution in [0.3, 0.4) is 0 Å². The van der Waals surface area contributed by atoms with Gasteiger partial charge in [0.25, 0.3) is 0 Å². The van der Waals surface area contributed by atoms with Crippen molar-refractivity contribution < 1.29 is 8.83 Å². The zero-order valence-electron chi connectivity index (χ0n) is 49.0. The van der Waals surface area contributed by atoms with Gasteiger partial charge in [0, 0.05) is 60.3 Å². The number of benzene rings is 11. The average molecular weight is 1070 g/mol. The first-order chi connectivity index (χ1) is 40.1. The molecule has 0 amide bonds. The van der Waals surface area contributed by atoms with Crippen LogP contribution in [0.5, 0.6) is 0 Å². The normalized spacial score (nSPS) is 14.7. The molecule has 0 saturated carbocycles. The first kappa shape index (κ1) is 49.6. The van der Waals surface area contributed by atoms with Crippen molar-refractivity contribution in [2.75, 3.05) is 4.90 Å². The molecule has 402 valence electrons. The van der Waals surface area contributed by atoms with Gasteiger partial charge in [0.1, 0.15) is 22.3 Å². The quantitative estimate of drug-likeness (QED) is 0.159. The summed E-state index contributed by atoms with van der Waals surface area (Å²) in [5.74, 6) is 0. The fourth-order valence-corrected chi connectivity index (χ4v) is 15.8. The maximum absolute atomic E-state index is 7.03. The zero-order chi connectivity index (χ0) is 56.6. The van der Waals surface area contributed by atoms with E-state index in [0.29, 0.717) is 0 Å². The number of rotatable bonds is 7. The molecule has 3 aliphatic rings. The highest BCUT2D eigenvalue weighted by Crippen LogP contribution is 2.61. The largest absolute Gasteiger partial charge is 0.456 e. The minimum Gasteiger partial charge on any atom is -0.456 e. The van der Waals surface area contributed by atoms with Gasteiger partial charge in [-0.1, -0.05) is 187 Å². The van der Waals surface area contributed by atoms with Crippen LogP contribution in [0.2, 0.25) is 0 Å². The van der Waals surface area contributed by atoms with Crippen molar-refractivity contribution in [2.45, 2.75) is 91.9 Å². The van der Waals surface area contributed by atoms with Crippen molar-refractivity contribution in [3.05, 3.63) is 256 Å². The van der Waals surface area contributed by atoms with Gasteiger partial charge in [-0.25, -0.2) is 0 Å². The summed E-state index contributed by atoms with van der Waals surface area (Å²) >= 11 is 0. The zero-order valence-corrected chi connectivity index (χ0v) is 49.0. The molecule has 13 aromatic rings. The Morgan fingerprint density at radius 1 is 0.361 bits per heavy atom. The number of fused-ring (bicyclic) bond motifs is 17. The standard InChI is InChI=1S/C80H65NO2/c1-11-48-22-15-16-25-52(48)54-28-21-29-67(72(54)49-23-13-12-14-24-49)81(51-33-35-55-63(41-51)80(9,10)66-44-60(71-46(3)38-45(2)39-47(71)4)77-76(73(55)66)57-27-18-20-31-69(57)83-77)50-32-34-53-58-42-65-59(43-64(58)79(7,8)62(53)40-50)74-61(78(65,5)6)36-37-70-75(74)56-26-17-19-30-68(56)82-70/h12-44H,11H2,1-10H3. The molecule has 0 bridgehead atoms. The predicted octanol–water partition coefficient (Wildman–Crippen LogP) is 22.4. The molecule has 16 rings (SSSR count). The summed E-state index contributed by atoms with van der Waals surface area (Å²) < 4.78 is 13.6. The Morgan fingerprint density at radius 3 is 1.65 bits per heavy atom. The minimum atomic E-state index is -0.368. The lowest BCUT2D eigenvalue weighted by molar-refractivity contribution is 0.651. The first-order valence-electron chi connectivity index (χ1n) is 29.7. The third-order valence-corrected chi connectivity index (χ3v) is 19.7. The summed E-state index contributed by atoms with van der Waals surface area (Å²) in [6.07, 6.45) is 0.930. The van der Waals surface area contributed by atoms with Gasteiger partial charge < -0.3 is 13.7 Å². The number of aryl methyl sites for hydroxylation is 4. The van der Waals surface area contributed by atoms with Gasteiger partial charge in [-0.3, -0.25) is 0 Å². The Labute approximate surface area is 486 Å². The maximum atomic E-state index is 7.03. The van der Waals surface area contributed by atoms with Crippen molar-refractivity contribution in [2.24, 2.45) is 0 Å². The molecule has 3 nitrogen and oxygen atoms in total. The van der Waals surface area contributed by atoms with Crippen molar-refractivity contribution >= 4 is 60.9 Å². The first-order valence-corrected chi connectivity index (χ1v) is 29.7. The fraction of sp³-hybridized carbons (Fsp3) is 0.175. The Balaban J connectivity index is 0.927. The van der Waals surface area contributed by atoms with Gasteiger partial charge in [0.05, 0.1) is 5.69 Å². The third-order valence-electron chi connectivity index (χ3n) is 19.7. The monoisotopic (exact) mass is 1070 g/mol. The van der Waals surface area contributed by atoms with E-state index < -0.39 is 0 Å². The van der Waals surface area contributed by atoms with Crippen molar-refractivity contribution in [1.29, 1.82) is 0 Å². The topological polar surface area (TPSA) is 29.5 Å². The smallest absolute Gasteiger partial charge is 0.143 e. The van der Waals surface area contributed by atoms with Crippen LogP contribution in [-0.2, 0) is 22.7 Å². The molecule has 83 heavy (non-hydrogen) atoms. The van der Waals surface area contributed by atoms with Gasteiger partial charge >= 0.3 is 0 Å². The summed E-state index contributed by atoms with van der Waals surface area (Å²) in [4.78, 5) is 2.58. The molecule has 0 fully saturated rings. The minimum absolute atomic E-state index is 0.206. The predicted molar refractivity (Wildman–Crippen MR) is 348 cm³/mol. The second-order valence-corrected chi connectivity index (χ2v) is 25.6. The lowest BCUT2D eigenvalue weighted by Gasteiger charge is -2.32. The van der Waals surface area contributed by atoms with Crippen LogP contribution in [-0.4, -0.2) is 0 Å². The van der Waals surface area contributed by atoms with Crippen molar-refractivity contribution in [1.82, 2.24) is 0 Å². The summed E-state index contributed by atoms with van der Waals surface area (Å²) in [6, 6.07) is 75.5. The highest BCUT2D eigenvalue weighted by molar-refractivity contribution is 6.19. The van der Waals surface area contributed by atoms with Crippen LogP contribution in [0.1, 0.15) is 104 Å². The van der Waals surface area contributed by atoms with Gasteiger partial charge in [0.15, 0.2) is 0 Å². The summed E-state index contributed by atoms with van der Waals surface area (Å²) in [7, 11) is 0. The SMILES string of the molecule is CCc1ccccc1-c1cccc(N(c2ccc3c(c2)C(C)(C)c2cc4c(cc2-3)C(C)(C)c2ccc3oc5ccccc5c3c2-4)c2ccc3c(c2)C(C)(C)c2cc(-c4c(C)cc(C)cc4C)c4oc5ccccc5c4c2-3)c1-c1ccccc1. The number of para-hydroxylation sites is 2. The van der Waals surface area contributed by atoms with Crippen LogP contribution in [0.25, 0.3) is 111 Å². The third kappa shape index (κ3) is 6.86. The van der Waals surface area contributed by atoms with Crippen molar-refractivity contribution in [3.8, 4) is 66.8 Å². The molecule has 0 N–H and O–H groups in total. The summed E-state index contributed by atoms with van der Waals surface area (Å²) in [5.41, 5.74) is 34.4. The highest BCUT2D eigenvalue weighted by Gasteiger charge is 2.44. The molecule has 11 aromatic carbocycles. The number of nitrogens with zero attached hydrogens (tertiary/aromatic N) is 1. The van der Waals surface area contributed by atoms with Gasteiger partial charge in [-0.2, -0.15) is 0 Å². The molecule has 0 spiro atoms. The Kier molecular flexibility index (Phi) is 10.4. The Hall–Kier alpha value is -9.18. The van der Waals surface area contributed by atoms with Gasteiger partial charge in [-0.15, -0.1) is 0 Å². The van der Waals surface area contributed by atoms with E-state index in [4.69, 9.17) is 8.83 Å². The van der Waals surface area contributed by atoms with E-state index in [9.17, 15) is 0 Å². The van der Waals surface area contributed by atoms with Gasteiger partial charge in [-0.05, 0) is 200 Å². The summed E-state index contributed by atoms with van der Waals surface area (Å²) in [5, 5.41) is 4.73. The molecule has 0 aliphatic heterocycles. The molecule has 0 atom stereocenters. The fourth-order valence-electron chi connectivity index (χ4n) is 15.8. The molecule has 0 radical (unpaired) electrons. The maximum Gasteiger partial charge on any atom is 0.143 e. The van der Waals surface area contributed by atoms with E-state index >= 15 is 0 Å². The second-order valence-electron chi connectivity index (χ2n) is 25.6. The van der Waals surface area contributed by atoms with E-state index in [0.717, 1.165) is 56.8 Å². The Morgan fingerprint density at radius 2 is 0.916 bits per heavy atom. The molecule has 3 aliphatic carbocycles. The lowest BCUT2D eigenvalue weighted by atomic mass is 9.79. The van der Waals surface area contributed by atoms with Crippen LogP contribution in [0, 0.1) is 20.8 Å². The molecule has 0 saturated heterocycles. The van der Waals surface area contributed by atoms with E-state index in [1.165, 1.54) is 133 Å².